The van der Waals surface area contributed by atoms with Crippen LogP contribution in [-0.2, 0) is 0 Å². The molecule has 4 rings (SSSR count). The van der Waals surface area contributed by atoms with Crippen molar-refractivity contribution in [3.05, 3.63) is 121 Å². The highest BCUT2D eigenvalue weighted by Crippen LogP contribution is 2.79. The molecule has 0 N–H and O–H groups in total. The van der Waals surface area contributed by atoms with Gasteiger partial charge in [-0.2, -0.15) is 0 Å². The van der Waals surface area contributed by atoms with Gasteiger partial charge in [0.15, 0.2) is 59.8 Å². The number of benzene rings is 4. The lowest BCUT2D eigenvalue weighted by atomic mass is 10.4. The summed E-state index contributed by atoms with van der Waals surface area (Å²) >= 11 is 5.64. The maximum atomic E-state index is 2.82. The van der Waals surface area contributed by atoms with Crippen molar-refractivity contribution >= 4 is 75.1 Å². The van der Waals surface area contributed by atoms with Gasteiger partial charge in [-0.05, 0) is 48.5 Å². The van der Waals surface area contributed by atoms with Crippen LogP contribution < -0.4 is 21.2 Å². The number of hydrogen-bond donors (Lipinski definition) is 0. The molecular formula is C25H22I2P2+2. The molecule has 0 fully saturated rings. The van der Waals surface area contributed by atoms with Gasteiger partial charge in [-0.25, -0.2) is 0 Å². The van der Waals surface area contributed by atoms with Crippen molar-refractivity contribution in [2.24, 2.45) is 0 Å². The first-order valence-electron chi connectivity index (χ1n) is 9.51. The standard InChI is InChI=1S/C25H22I2P2/c26-28(22-13-5-1-6-14-22,23-15-7-2-8-16-23)21-29(27,24-17-9-3-10-18-24)25-19-11-4-12-20-25/h1-20H,21H2/q+2. The molecule has 0 aliphatic rings. The van der Waals surface area contributed by atoms with Crippen molar-refractivity contribution in [3.8, 4) is 0 Å². The maximum Gasteiger partial charge on any atom is 0.195 e. The molecule has 29 heavy (non-hydrogen) atoms. The largest absolute Gasteiger partial charge is 0.195 e. The minimum Gasteiger partial charge on any atom is -0.0620 e. The third kappa shape index (κ3) is 4.61. The van der Waals surface area contributed by atoms with Gasteiger partial charge in [-0.1, -0.05) is 72.8 Å². The van der Waals surface area contributed by atoms with E-state index in [4.69, 9.17) is 0 Å². The Hall–Kier alpha value is -0.800. The molecule has 4 heteroatoms. The fraction of sp³-hybridized carbons (Fsp3) is 0.0400. The van der Waals surface area contributed by atoms with Crippen LogP contribution in [0, 0.1) is 0 Å². The number of rotatable bonds is 6. The Morgan fingerprint density at radius 3 is 0.793 bits per heavy atom. The van der Waals surface area contributed by atoms with E-state index in [9.17, 15) is 0 Å². The van der Waals surface area contributed by atoms with E-state index in [0.717, 1.165) is 0 Å². The predicted molar refractivity (Wildman–Crippen MR) is 151 cm³/mol. The highest BCUT2D eigenvalue weighted by Gasteiger charge is 2.55. The van der Waals surface area contributed by atoms with Gasteiger partial charge in [-0.15, -0.1) is 0 Å². The Bertz CT molecular complexity index is 873. The minimum atomic E-state index is -1.61. The molecule has 0 aliphatic carbocycles. The molecule has 144 valence electrons. The van der Waals surface area contributed by atoms with Gasteiger partial charge >= 0.3 is 0 Å². The summed E-state index contributed by atoms with van der Waals surface area (Å²) in [6.07, 6.45) is 0. The summed E-state index contributed by atoms with van der Waals surface area (Å²) < 4.78 is 0. The van der Waals surface area contributed by atoms with Crippen molar-refractivity contribution in [1.82, 2.24) is 0 Å². The zero-order chi connectivity index (χ0) is 20.2. The highest BCUT2D eigenvalue weighted by atomic mass is 127. The first-order chi connectivity index (χ1) is 14.1. The average molecular weight is 638 g/mol. The molecule has 0 spiro atoms. The van der Waals surface area contributed by atoms with Crippen LogP contribution in [0.25, 0.3) is 0 Å². The van der Waals surface area contributed by atoms with E-state index in [1.54, 1.807) is 0 Å². The summed E-state index contributed by atoms with van der Waals surface area (Å²) in [5, 5.41) is 5.89. The summed E-state index contributed by atoms with van der Waals surface area (Å²) in [6, 6.07) is 44.6. The van der Waals surface area contributed by atoms with Gasteiger partial charge < -0.3 is 0 Å². The first-order valence-corrected chi connectivity index (χ1v) is 19.0. The monoisotopic (exact) mass is 638 g/mol. The summed E-state index contributed by atoms with van der Waals surface area (Å²) in [5.41, 5.74) is 0. The third-order valence-electron chi connectivity index (χ3n) is 5.05. The minimum absolute atomic E-state index is 1.17. The maximum absolute atomic E-state index is 2.82. The Morgan fingerprint density at radius 2 is 0.586 bits per heavy atom. The SMILES string of the molecule is I[P+](C[P+](I)(c1ccccc1)c1ccccc1)(c1ccccc1)c1ccccc1. The van der Waals surface area contributed by atoms with Crippen LogP contribution in [0.2, 0.25) is 0 Å². The molecule has 4 aromatic carbocycles. The van der Waals surface area contributed by atoms with Gasteiger partial charge in [0.05, 0.1) is 0 Å². The summed E-state index contributed by atoms with van der Waals surface area (Å²) in [4.78, 5) is -3.23. The second-order valence-electron chi connectivity index (χ2n) is 6.92. The predicted octanol–water partition coefficient (Wildman–Crippen LogP) is 6.98. The van der Waals surface area contributed by atoms with E-state index in [1.165, 1.54) is 27.1 Å². The zero-order valence-electron chi connectivity index (χ0n) is 15.9. The molecule has 0 unspecified atom stereocenters. The smallest absolute Gasteiger partial charge is 0.0620 e. The second-order valence-corrected chi connectivity index (χ2v) is 22.9. The van der Waals surface area contributed by atoms with Crippen LogP contribution in [-0.4, -0.2) is 5.90 Å². The lowest BCUT2D eigenvalue weighted by molar-refractivity contribution is 1.73. The van der Waals surface area contributed by atoms with Gasteiger partial charge in [0.2, 0.25) is 0 Å². The molecule has 0 aliphatic heterocycles. The van der Waals surface area contributed by atoms with Gasteiger partial charge in [0, 0.05) is 0 Å². The lowest BCUT2D eigenvalue weighted by Crippen LogP contribution is -2.27. The van der Waals surface area contributed by atoms with E-state index in [2.05, 4.69) is 165 Å². The Kier molecular flexibility index (Phi) is 7.06. The van der Waals surface area contributed by atoms with Crippen molar-refractivity contribution < 1.29 is 0 Å². The Labute approximate surface area is 200 Å². The molecule has 0 heterocycles. The Morgan fingerprint density at radius 1 is 0.379 bits per heavy atom. The molecule has 0 aromatic heterocycles. The van der Waals surface area contributed by atoms with E-state index in [0.29, 0.717) is 0 Å². The van der Waals surface area contributed by atoms with E-state index >= 15 is 0 Å². The Balaban J connectivity index is 1.91. The normalized spacial score (nSPS) is 11.9. The van der Waals surface area contributed by atoms with Crippen LogP contribution in [0.3, 0.4) is 0 Å². The highest BCUT2D eigenvalue weighted by molar-refractivity contribution is 14.2. The molecular weight excluding hydrogens is 616 g/mol. The summed E-state index contributed by atoms with van der Waals surface area (Å²) in [7, 11) is 0. The van der Waals surface area contributed by atoms with Crippen molar-refractivity contribution in [2.45, 2.75) is 0 Å². The molecule has 0 amide bonds. The van der Waals surface area contributed by atoms with Crippen LogP contribution in [0.5, 0.6) is 0 Å². The fourth-order valence-corrected chi connectivity index (χ4v) is 28.8. The molecule has 0 saturated carbocycles. The van der Waals surface area contributed by atoms with Crippen molar-refractivity contribution in [1.29, 1.82) is 0 Å². The number of hydrogen-bond acceptors (Lipinski definition) is 0. The van der Waals surface area contributed by atoms with Crippen LogP contribution in [0.15, 0.2) is 121 Å². The first kappa shape index (κ1) is 21.4. The van der Waals surface area contributed by atoms with Crippen LogP contribution in [0.4, 0.5) is 0 Å². The third-order valence-corrected chi connectivity index (χ3v) is 24.8. The quantitative estimate of drug-likeness (QED) is 0.158. The molecule has 0 nitrogen and oxygen atoms in total. The molecule has 4 aromatic rings. The van der Waals surface area contributed by atoms with E-state index in [-0.39, 0.29) is 0 Å². The topological polar surface area (TPSA) is 0 Å². The van der Waals surface area contributed by atoms with Crippen molar-refractivity contribution in [2.75, 3.05) is 5.90 Å². The van der Waals surface area contributed by atoms with Gasteiger partial charge in [-0.3, -0.25) is 0 Å². The van der Waals surface area contributed by atoms with Gasteiger partial charge in [0.25, 0.3) is 0 Å². The fourth-order valence-electron chi connectivity index (χ4n) is 3.55. The summed E-state index contributed by atoms with van der Waals surface area (Å²) in [6.45, 7) is 0. The molecule has 0 saturated heterocycles. The van der Waals surface area contributed by atoms with E-state index < -0.39 is 9.81 Å². The van der Waals surface area contributed by atoms with Crippen LogP contribution in [0.1, 0.15) is 0 Å². The average Bonchev–Trinajstić information content (AvgIpc) is 2.81. The summed E-state index contributed by atoms with van der Waals surface area (Å²) in [5.74, 6) is 1.17. The van der Waals surface area contributed by atoms with Gasteiger partial charge in [0.1, 0.15) is 21.2 Å². The van der Waals surface area contributed by atoms with Crippen LogP contribution >= 0.6 is 53.9 Å². The zero-order valence-corrected chi connectivity index (χ0v) is 22.0. The van der Waals surface area contributed by atoms with Crippen molar-refractivity contribution in [3.63, 3.8) is 0 Å². The molecule has 0 radical (unpaired) electrons. The molecule has 0 atom stereocenters. The molecule has 0 bridgehead atoms. The second kappa shape index (κ2) is 9.56. The van der Waals surface area contributed by atoms with E-state index in [1.807, 2.05) is 0 Å². The lowest BCUT2D eigenvalue weighted by Gasteiger charge is -2.26. The number of halogens is 2.